The highest BCUT2D eigenvalue weighted by Crippen LogP contribution is 2.52. The number of ether oxygens (including phenoxy) is 4. The molecule has 2 aliphatic heterocycles. The van der Waals surface area contributed by atoms with Gasteiger partial charge in [0.2, 0.25) is 11.8 Å². The molecule has 0 bridgehead atoms. The van der Waals surface area contributed by atoms with Crippen LogP contribution in [-0.4, -0.2) is 43.8 Å². The lowest BCUT2D eigenvalue weighted by atomic mass is 9.67. The Morgan fingerprint density at radius 3 is 2.45 bits per heavy atom. The van der Waals surface area contributed by atoms with Gasteiger partial charge in [-0.3, -0.25) is 4.79 Å². The van der Waals surface area contributed by atoms with Crippen molar-refractivity contribution in [1.29, 1.82) is 0 Å². The zero-order valence-electron chi connectivity index (χ0n) is 18.2. The van der Waals surface area contributed by atoms with E-state index in [1.807, 2.05) is 0 Å². The number of amides is 1. The maximum Gasteiger partial charge on any atom is 0.341 e. The van der Waals surface area contributed by atoms with Crippen molar-refractivity contribution in [2.45, 2.75) is 38.7 Å². The number of fused-ring (bicyclic) bond motifs is 2. The summed E-state index contributed by atoms with van der Waals surface area (Å²) in [4.78, 5) is 39.9. The number of hydrogen-bond donors (Lipinski definition) is 2. The molecule has 2 aliphatic rings. The van der Waals surface area contributed by atoms with E-state index < -0.39 is 28.9 Å². The minimum atomic E-state index is -1.88. The summed E-state index contributed by atoms with van der Waals surface area (Å²) in [6.07, 6.45) is 0. The summed E-state index contributed by atoms with van der Waals surface area (Å²) in [5.41, 5.74) is 3.78. The second-order valence-corrected chi connectivity index (χ2v) is 8.15. The molecule has 3 N–H and O–H groups in total. The van der Waals surface area contributed by atoms with E-state index in [4.69, 9.17) is 24.7 Å². The monoisotopic (exact) mass is 430 g/mol. The number of carbonyl (C=O) groups excluding carboxylic acids is 3. The fraction of sp³-hybridized carbons (Fsp3) is 0.409. The van der Waals surface area contributed by atoms with Crippen molar-refractivity contribution < 1.29 is 33.3 Å². The quantitative estimate of drug-likeness (QED) is 0.536. The van der Waals surface area contributed by atoms with E-state index >= 15 is 0 Å². The van der Waals surface area contributed by atoms with E-state index in [1.165, 1.54) is 14.0 Å². The van der Waals surface area contributed by atoms with Crippen LogP contribution in [0.15, 0.2) is 47.1 Å². The Morgan fingerprint density at radius 2 is 1.81 bits per heavy atom. The van der Waals surface area contributed by atoms with Gasteiger partial charge in [0.05, 0.1) is 6.61 Å². The van der Waals surface area contributed by atoms with E-state index in [2.05, 4.69) is 5.32 Å². The number of nitrogens with two attached hydrogens (primary N) is 1. The molecule has 31 heavy (non-hydrogen) atoms. The molecule has 0 fully saturated rings. The Bertz CT molecular complexity index is 1000. The van der Waals surface area contributed by atoms with Crippen molar-refractivity contribution >= 4 is 23.5 Å². The van der Waals surface area contributed by atoms with E-state index in [0.29, 0.717) is 11.3 Å². The highest BCUT2D eigenvalue weighted by molar-refractivity contribution is 6.21. The second-order valence-electron chi connectivity index (χ2n) is 8.15. The predicted octanol–water partition coefficient (Wildman–Crippen LogP) is 1.88. The molecule has 9 heteroatoms. The highest BCUT2D eigenvalue weighted by Gasteiger charge is 2.62. The summed E-state index contributed by atoms with van der Waals surface area (Å²) < 4.78 is 21.3. The molecule has 0 aliphatic carbocycles. The third-order valence-corrected chi connectivity index (χ3v) is 4.86. The van der Waals surface area contributed by atoms with Gasteiger partial charge in [-0.25, -0.2) is 9.59 Å². The topological polar surface area (TPSA) is 126 Å². The first kappa shape index (κ1) is 22.4. The van der Waals surface area contributed by atoms with Crippen LogP contribution in [0, 0.1) is 0 Å². The molecule has 0 radical (unpaired) electrons. The number of carbonyl (C=O) groups is 3. The lowest BCUT2D eigenvalue weighted by Gasteiger charge is -2.36. The Hall–Kier alpha value is -3.33. The number of hydrogen-bond acceptors (Lipinski definition) is 8. The molecular formula is C22H26N2O7. The number of methoxy groups -OCH3 is 1. The van der Waals surface area contributed by atoms with Gasteiger partial charge in [0.1, 0.15) is 34.5 Å². The molecule has 3 rings (SSSR count). The Kier molecular flexibility index (Phi) is 5.82. The lowest BCUT2D eigenvalue weighted by Crippen LogP contribution is -2.49. The smallest absolute Gasteiger partial charge is 0.341 e. The molecule has 9 nitrogen and oxygen atoms in total. The van der Waals surface area contributed by atoms with Gasteiger partial charge < -0.3 is 30.0 Å². The Morgan fingerprint density at radius 1 is 1.13 bits per heavy atom. The summed E-state index contributed by atoms with van der Waals surface area (Å²) in [5.74, 6) is -2.58. The number of nitrogens with one attached hydrogen (secondary N) is 1. The third-order valence-electron chi connectivity index (χ3n) is 4.86. The molecule has 166 valence electrons. The number of para-hydroxylation sites is 1. The zero-order valence-corrected chi connectivity index (χ0v) is 18.2. The highest BCUT2D eigenvalue weighted by atomic mass is 16.6. The van der Waals surface area contributed by atoms with Gasteiger partial charge in [-0.15, -0.1) is 0 Å². The van der Waals surface area contributed by atoms with E-state index in [1.54, 1.807) is 45.0 Å². The van der Waals surface area contributed by atoms with Crippen molar-refractivity contribution in [2.75, 3.05) is 25.6 Å². The minimum Gasteiger partial charge on any atom is -0.460 e. The largest absolute Gasteiger partial charge is 0.460 e. The molecule has 0 unspecified atom stereocenters. The Balaban J connectivity index is 2.25. The van der Waals surface area contributed by atoms with Gasteiger partial charge >= 0.3 is 11.9 Å². The first-order valence-corrected chi connectivity index (χ1v) is 9.73. The summed E-state index contributed by atoms with van der Waals surface area (Å²) in [5, 5.41) is 2.74. The van der Waals surface area contributed by atoms with E-state index in [0.717, 1.165) is 0 Å². The average molecular weight is 430 g/mol. The van der Waals surface area contributed by atoms with Crippen molar-refractivity contribution in [3.05, 3.63) is 52.6 Å². The van der Waals surface area contributed by atoms with Crippen LogP contribution in [0.4, 0.5) is 5.69 Å². The number of anilines is 1. The molecule has 0 aromatic heterocycles. The van der Waals surface area contributed by atoms with Crippen molar-refractivity contribution in [3.8, 4) is 0 Å². The fourth-order valence-corrected chi connectivity index (χ4v) is 3.76. The molecule has 1 spiro atoms. The minimum absolute atomic E-state index is 0.0621. The number of rotatable bonds is 5. The summed E-state index contributed by atoms with van der Waals surface area (Å²) in [7, 11) is 1.46. The summed E-state index contributed by atoms with van der Waals surface area (Å²) >= 11 is 0. The maximum absolute atomic E-state index is 13.5. The molecular weight excluding hydrogens is 404 g/mol. The van der Waals surface area contributed by atoms with E-state index in [-0.39, 0.29) is 36.0 Å². The summed E-state index contributed by atoms with van der Waals surface area (Å²) in [6.45, 7) is 6.66. The van der Waals surface area contributed by atoms with Crippen LogP contribution in [-0.2, 0) is 38.7 Å². The lowest BCUT2D eigenvalue weighted by molar-refractivity contribution is -0.152. The van der Waals surface area contributed by atoms with Crippen LogP contribution >= 0.6 is 0 Å². The van der Waals surface area contributed by atoms with Crippen LogP contribution in [0.1, 0.15) is 33.3 Å². The van der Waals surface area contributed by atoms with Crippen molar-refractivity contribution in [2.24, 2.45) is 5.73 Å². The van der Waals surface area contributed by atoms with Gasteiger partial charge in [-0.1, -0.05) is 18.2 Å². The van der Waals surface area contributed by atoms with Crippen LogP contribution in [0.5, 0.6) is 0 Å². The van der Waals surface area contributed by atoms with Crippen molar-refractivity contribution in [3.63, 3.8) is 0 Å². The standard InChI is InChI=1S/C22H26N2O7/c1-12-15(19(26)31-21(2,3)4)22(13-8-6-7-9-14(13)24-20(22)27)16(17(23)30-12)18(25)29-11-10-28-5/h6-9H,10-11,23H2,1-5H3,(H,24,27)/t22-/m0/s1. The van der Waals surface area contributed by atoms with Crippen LogP contribution < -0.4 is 11.1 Å². The molecule has 1 aromatic rings. The molecule has 0 saturated heterocycles. The molecule has 1 atom stereocenters. The normalized spacial score (nSPS) is 20.4. The average Bonchev–Trinajstić information content (AvgIpc) is 2.92. The van der Waals surface area contributed by atoms with Gasteiger partial charge in [0.15, 0.2) is 0 Å². The van der Waals surface area contributed by atoms with Gasteiger partial charge in [-0.2, -0.15) is 0 Å². The van der Waals surface area contributed by atoms with Crippen LogP contribution in [0.3, 0.4) is 0 Å². The zero-order chi connectivity index (χ0) is 23.0. The van der Waals surface area contributed by atoms with Crippen LogP contribution in [0.25, 0.3) is 0 Å². The maximum atomic E-state index is 13.5. The number of benzene rings is 1. The third kappa shape index (κ3) is 3.76. The first-order valence-electron chi connectivity index (χ1n) is 9.73. The second kappa shape index (κ2) is 8.07. The van der Waals surface area contributed by atoms with Gasteiger partial charge in [-0.05, 0) is 33.8 Å². The SMILES string of the molecule is COCCOC(=O)C1=C(N)OC(C)=C(C(=O)OC(C)(C)C)[C@]12C(=O)Nc1ccccc12. The first-order chi connectivity index (χ1) is 14.5. The fourth-order valence-electron chi connectivity index (χ4n) is 3.76. The summed E-state index contributed by atoms with van der Waals surface area (Å²) in [6, 6.07) is 6.74. The predicted molar refractivity (Wildman–Crippen MR) is 110 cm³/mol. The Labute approximate surface area is 180 Å². The number of allylic oxidation sites excluding steroid dienone is 1. The van der Waals surface area contributed by atoms with Crippen LogP contribution in [0.2, 0.25) is 0 Å². The molecule has 1 aromatic carbocycles. The van der Waals surface area contributed by atoms with Crippen molar-refractivity contribution in [1.82, 2.24) is 0 Å². The van der Waals surface area contributed by atoms with Gasteiger partial charge in [0, 0.05) is 18.4 Å². The molecule has 0 saturated carbocycles. The van der Waals surface area contributed by atoms with E-state index in [9.17, 15) is 14.4 Å². The van der Waals surface area contributed by atoms with Gasteiger partial charge in [0.25, 0.3) is 0 Å². The number of esters is 2. The molecule has 2 heterocycles. The molecule has 1 amide bonds.